The monoisotopic (exact) mass is 276 g/mol. The van der Waals surface area contributed by atoms with E-state index in [-0.39, 0.29) is 21.5 Å². The molecule has 0 saturated carbocycles. The summed E-state index contributed by atoms with van der Waals surface area (Å²) in [6, 6.07) is 0. The van der Waals surface area contributed by atoms with Gasteiger partial charge in [0.15, 0.2) is 0 Å². The Morgan fingerprint density at radius 3 is 3.00 bits per heavy atom. The number of rotatable bonds is 1. The Labute approximate surface area is 79.6 Å². The van der Waals surface area contributed by atoms with Gasteiger partial charge in [0.2, 0.25) is 0 Å². The van der Waals surface area contributed by atoms with Gasteiger partial charge in [0.05, 0.1) is 0 Å². The number of nitrogens with two attached hydrogens (primary N) is 1. The molecule has 0 unspecified atom stereocenters. The van der Waals surface area contributed by atoms with E-state index in [2.05, 4.69) is 19.9 Å². The molecule has 2 N–H and O–H groups in total. The van der Waals surface area contributed by atoms with Crippen molar-refractivity contribution in [2.24, 2.45) is 0 Å². The average molecular weight is 276 g/mol. The van der Waals surface area contributed by atoms with Crippen molar-refractivity contribution in [2.45, 2.75) is 0 Å². The average Bonchev–Trinajstić information content (AvgIpc) is 2.49. The van der Waals surface area contributed by atoms with Gasteiger partial charge in [-0.1, -0.05) is 0 Å². The Balaban J connectivity index is 2.80. The van der Waals surface area contributed by atoms with Crippen molar-refractivity contribution in [3.8, 4) is 0 Å². The van der Waals surface area contributed by atoms with Crippen LogP contribution in [0.25, 0.3) is 11.2 Å². The van der Waals surface area contributed by atoms with Crippen molar-refractivity contribution >= 4 is 17.0 Å². The number of aromatic nitrogens is 4. The molecule has 0 amide bonds. The molecule has 2 heterocycles. The minimum absolute atomic E-state index is 0.0597. The Morgan fingerprint density at radius 2 is 2.25 bits per heavy atom. The van der Waals surface area contributed by atoms with Crippen molar-refractivity contribution in [1.82, 2.24) is 17.7 Å². The van der Waals surface area contributed by atoms with Gasteiger partial charge in [-0.25, -0.2) is 0 Å². The third kappa shape index (κ3) is 1.02. The number of halogens is 1. The zero-order valence-corrected chi connectivity index (χ0v) is 8.56. The van der Waals surface area contributed by atoms with E-state index in [1.54, 1.807) is 6.33 Å². The summed E-state index contributed by atoms with van der Waals surface area (Å²) in [5, 5.41) is 0. The van der Waals surface area contributed by atoms with Crippen molar-refractivity contribution in [2.75, 3.05) is 10.7 Å². The van der Waals surface area contributed by atoms with E-state index in [1.807, 2.05) is 2.78 Å². The maximum atomic E-state index is 5.61. The zero-order chi connectivity index (χ0) is 8.55. The van der Waals surface area contributed by atoms with E-state index in [0.29, 0.717) is 11.3 Å². The fraction of sp³-hybridized carbons (Fsp3) is 0.167. The summed E-state index contributed by atoms with van der Waals surface area (Å²) >= 11 is -0.0597. The van der Waals surface area contributed by atoms with E-state index >= 15 is 0 Å². The molecule has 0 aromatic carbocycles. The number of hydrogen-bond acceptors (Lipinski definition) is 4. The Morgan fingerprint density at radius 1 is 1.42 bits per heavy atom. The molecule has 64 valence electrons. The van der Waals surface area contributed by atoms with Crippen molar-refractivity contribution in [3.63, 3.8) is 0 Å². The number of nitrogen functional groups attached to an aromatic ring is 1. The van der Waals surface area contributed by atoms with Gasteiger partial charge in [0.1, 0.15) is 0 Å². The summed E-state index contributed by atoms with van der Waals surface area (Å²) in [6.45, 7) is 0. The van der Waals surface area contributed by atoms with Crippen LogP contribution in [0.15, 0.2) is 12.7 Å². The first-order valence-corrected chi connectivity index (χ1v) is 6.39. The maximum absolute atomic E-state index is 5.61. The van der Waals surface area contributed by atoms with Crippen LogP contribution in [-0.2, 0) is 0 Å². The fourth-order valence-electron chi connectivity index (χ4n) is 0.950. The fourth-order valence-corrected chi connectivity index (χ4v) is 2.13. The number of anilines is 1. The second-order valence-electron chi connectivity index (χ2n) is 2.16. The molecule has 6 heteroatoms. The van der Waals surface area contributed by atoms with E-state index in [1.165, 1.54) is 6.33 Å². The van der Waals surface area contributed by atoms with Gasteiger partial charge >= 0.3 is 79.5 Å². The predicted octanol–water partition coefficient (Wildman–Crippen LogP) is -3.11. The number of alkyl halides is 1. The number of nitrogens with zero attached hydrogens (tertiary/aromatic N) is 4. The minimum atomic E-state index is -0.0597. The quantitative estimate of drug-likeness (QED) is 0.442. The van der Waals surface area contributed by atoms with Crippen molar-refractivity contribution in [1.29, 1.82) is 0 Å². The van der Waals surface area contributed by atoms with Crippen molar-refractivity contribution in [3.05, 3.63) is 12.7 Å². The van der Waals surface area contributed by atoms with Gasteiger partial charge < -0.3 is 0 Å². The van der Waals surface area contributed by atoms with E-state index in [4.69, 9.17) is 5.73 Å². The first-order chi connectivity index (χ1) is 5.83. The Hall–Kier alpha value is -0.920. The van der Waals surface area contributed by atoms with Crippen LogP contribution in [-0.4, -0.2) is 22.7 Å². The van der Waals surface area contributed by atoms with Gasteiger partial charge in [-0.05, 0) is 0 Å². The van der Waals surface area contributed by atoms with Gasteiger partial charge in [-0.15, -0.1) is 0 Å². The first-order valence-electron chi connectivity index (χ1n) is 3.26. The van der Waals surface area contributed by atoms with Gasteiger partial charge in [0, 0.05) is 0 Å². The van der Waals surface area contributed by atoms with Crippen LogP contribution in [0.4, 0.5) is 5.82 Å². The summed E-state index contributed by atoms with van der Waals surface area (Å²) in [5.41, 5.74) is 7.16. The molecule has 0 radical (unpaired) electrons. The standard InChI is InChI=1S/C6H7IN5/c1-7-12-3-11-4-5(8)9-2-10-6(4)12/h2-3H,1H3,(H2,8,9,10)/q-1. The Bertz CT molecular complexity index is 409. The molecule has 0 bridgehead atoms. The van der Waals surface area contributed by atoms with Crippen LogP contribution in [0.3, 0.4) is 0 Å². The van der Waals surface area contributed by atoms with E-state index in [0.717, 1.165) is 5.65 Å². The van der Waals surface area contributed by atoms with Crippen LogP contribution in [0.1, 0.15) is 0 Å². The van der Waals surface area contributed by atoms with Crippen LogP contribution in [0, 0.1) is 0 Å². The molecule has 0 aliphatic carbocycles. The number of imidazole rings is 1. The van der Waals surface area contributed by atoms with Crippen LogP contribution in [0.5, 0.6) is 0 Å². The normalized spacial score (nSPS) is 11.1. The summed E-state index contributed by atoms with van der Waals surface area (Å²) in [4.78, 5) is 14.2. The molecule has 0 aliphatic rings. The van der Waals surface area contributed by atoms with Crippen LogP contribution in [0.2, 0.25) is 0 Å². The van der Waals surface area contributed by atoms with Crippen molar-refractivity contribution < 1.29 is 21.5 Å². The molecule has 2 aromatic heterocycles. The Kier molecular flexibility index (Phi) is 1.83. The van der Waals surface area contributed by atoms with E-state index < -0.39 is 0 Å². The van der Waals surface area contributed by atoms with Gasteiger partial charge in [0.25, 0.3) is 0 Å². The SMILES string of the molecule is C[I-]n1cnc2c(N)ncnc21. The molecular formula is C6H7IN5-. The van der Waals surface area contributed by atoms with Crippen LogP contribution >= 0.6 is 0 Å². The topological polar surface area (TPSA) is 69.6 Å². The van der Waals surface area contributed by atoms with Gasteiger partial charge in [-0.3, -0.25) is 0 Å². The van der Waals surface area contributed by atoms with Crippen LogP contribution < -0.4 is 27.2 Å². The second kappa shape index (κ2) is 2.85. The van der Waals surface area contributed by atoms with Gasteiger partial charge in [-0.2, -0.15) is 0 Å². The third-order valence-corrected chi connectivity index (χ3v) is 3.25. The number of hydrogen-bond donors (Lipinski definition) is 1. The summed E-state index contributed by atoms with van der Waals surface area (Å²) in [6.07, 6.45) is 3.23. The number of fused-ring (bicyclic) bond motifs is 1. The molecule has 2 rings (SSSR count). The second-order valence-corrected chi connectivity index (χ2v) is 4.16. The molecule has 5 nitrogen and oxygen atoms in total. The molecule has 0 spiro atoms. The summed E-state index contributed by atoms with van der Waals surface area (Å²) < 4.78 is 2.03. The molecule has 0 atom stereocenters. The zero-order valence-electron chi connectivity index (χ0n) is 6.40. The summed E-state index contributed by atoms with van der Waals surface area (Å²) in [7, 11) is 0. The first kappa shape index (κ1) is 7.71. The third-order valence-electron chi connectivity index (χ3n) is 1.50. The molecule has 0 aliphatic heterocycles. The molecule has 0 saturated heterocycles. The summed E-state index contributed by atoms with van der Waals surface area (Å²) in [5.74, 6) is 0.455. The molecule has 0 fully saturated rings. The predicted molar refractivity (Wildman–Crippen MR) is 41.1 cm³/mol. The molecule has 12 heavy (non-hydrogen) atoms. The molecular weight excluding hydrogens is 269 g/mol. The molecule has 2 aromatic rings. The van der Waals surface area contributed by atoms with E-state index in [9.17, 15) is 0 Å².